The molecule has 0 aliphatic carbocycles. The smallest absolute Gasteiger partial charge is 0.0997 e. The molecule has 0 aliphatic heterocycles. The first-order valence-corrected chi connectivity index (χ1v) is 4.64. The summed E-state index contributed by atoms with van der Waals surface area (Å²) in [7, 11) is 0. The van der Waals surface area contributed by atoms with Crippen molar-refractivity contribution >= 4 is 0 Å². The molecule has 14 heavy (non-hydrogen) atoms. The van der Waals surface area contributed by atoms with Crippen LogP contribution in [0.15, 0.2) is 18.2 Å². The number of halogens is 1. The van der Waals surface area contributed by atoms with E-state index in [1.165, 1.54) is 0 Å². The van der Waals surface area contributed by atoms with E-state index >= 15 is 0 Å². The highest BCUT2D eigenvalue weighted by molar-refractivity contribution is 5.42. The standard InChI is InChI=1S/C12H13FN/c1-3-10-4-11(8-14)6-12(5-10)9(2)7-13/h4-6H,3,7H2,1-2H3. The Kier molecular flexibility index (Phi) is 3.64. The van der Waals surface area contributed by atoms with Gasteiger partial charge in [0, 0.05) is 5.92 Å². The van der Waals surface area contributed by atoms with Gasteiger partial charge in [0.25, 0.3) is 0 Å². The van der Waals surface area contributed by atoms with Crippen molar-refractivity contribution in [1.29, 1.82) is 5.26 Å². The molecule has 0 unspecified atom stereocenters. The summed E-state index contributed by atoms with van der Waals surface area (Å²) >= 11 is 0. The van der Waals surface area contributed by atoms with Crippen LogP contribution < -0.4 is 0 Å². The molecule has 0 saturated carbocycles. The number of rotatable bonds is 3. The second kappa shape index (κ2) is 4.76. The Morgan fingerprint density at radius 1 is 1.43 bits per heavy atom. The Hall–Kier alpha value is -1.36. The Morgan fingerprint density at radius 3 is 2.64 bits per heavy atom. The van der Waals surface area contributed by atoms with Crippen molar-refractivity contribution in [3.05, 3.63) is 40.8 Å². The fourth-order valence-corrected chi connectivity index (χ4v) is 1.28. The quantitative estimate of drug-likeness (QED) is 0.718. The van der Waals surface area contributed by atoms with Crippen molar-refractivity contribution in [2.75, 3.05) is 6.67 Å². The van der Waals surface area contributed by atoms with Gasteiger partial charge >= 0.3 is 0 Å². The van der Waals surface area contributed by atoms with Gasteiger partial charge in [-0.25, -0.2) is 0 Å². The summed E-state index contributed by atoms with van der Waals surface area (Å²) in [4.78, 5) is 0. The number of hydrogen-bond donors (Lipinski definition) is 0. The van der Waals surface area contributed by atoms with E-state index in [0.29, 0.717) is 11.5 Å². The van der Waals surface area contributed by atoms with Gasteiger partial charge in [0.2, 0.25) is 0 Å². The zero-order valence-electron chi connectivity index (χ0n) is 8.47. The lowest BCUT2D eigenvalue weighted by molar-refractivity contribution is 0.516. The molecular formula is C12H13FN. The number of nitrogens with zero attached hydrogens (tertiary/aromatic N) is 1. The van der Waals surface area contributed by atoms with Gasteiger partial charge in [-0.05, 0) is 29.7 Å². The van der Waals surface area contributed by atoms with Gasteiger partial charge in [-0.1, -0.05) is 19.9 Å². The van der Waals surface area contributed by atoms with Crippen LogP contribution in [-0.4, -0.2) is 6.67 Å². The molecular weight excluding hydrogens is 177 g/mol. The molecule has 0 aromatic heterocycles. The number of hydrogen-bond acceptors (Lipinski definition) is 1. The van der Waals surface area contributed by atoms with Gasteiger partial charge in [0.1, 0.15) is 0 Å². The molecule has 1 nitrogen and oxygen atoms in total. The average molecular weight is 190 g/mol. The third kappa shape index (κ3) is 2.32. The number of aryl methyl sites for hydroxylation is 1. The predicted octanol–water partition coefficient (Wildman–Crippen LogP) is 3.03. The van der Waals surface area contributed by atoms with Crippen LogP contribution >= 0.6 is 0 Å². The molecule has 0 N–H and O–H groups in total. The van der Waals surface area contributed by atoms with E-state index in [0.717, 1.165) is 17.5 Å². The summed E-state index contributed by atoms with van der Waals surface area (Å²) < 4.78 is 12.4. The zero-order valence-corrected chi connectivity index (χ0v) is 8.47. The van der Waals surface area contributed by atoms with Gasteiger partial charge in [0.05, 0.1) is 18.3 Å². The molecule has 1 aromatic carbocycles. The number of nitriles is 1. The van der Waals surface area contributed by atoms with E-state index in [1.807, 2.05) is 19.1 Å². The van der Waals surface area contributed by atoms with Crippen molar-refractivity contribution in [2.45, 2.75) is 20.3 Å². The van der Waals surface area contributed by atoms with Crippen molar-refractivity contribution in [3.63, 3.8) is 0 Å². The molecule has 73 valence electrons. The summed E-state index contributed by atoms with van der Waals surface area (Å²) in [5.74, 6) is 0.678. The van der Waals surface area contributed by atoms with Crippen LogP contribution in [0.3, 0.4) is 0 Å². The summed E-state index contributed by atoms with van der Waals surface area (Å²) in [5.41, 5.74) is 2.52. The summed E-state index contributed by atoms with van der Waals surface area (Å²) in [6.45, 7) is 3.30. The Bertz CT molecular complexity index is 352. The highest BCUT2D eigenvalue weighted by Gasteiger charge is 2.07. The molecule has 1 radical (unpaired) electrons. The predicted molar refractivity (Wildman–Crippen MR) is 54.5 cm³/mol. The monoisotopic (exact) mass is 190 g/mol. The van der Waals surface area contributed by atoms with Gasteiger partial charge in [-0.2, -0.15) is 5.26 Å². The van der Waals surface area contributed by atoms with Crippen LogP contribution in [0, 0.1) is 17.2 Å². The topological polar surface area (TPSA) is 23.8 Å². The van der Waals surface area contributed by atoms with Gasteiger partial charge in [-0.15, -0.1) is 0 Å². The maximum Gasteiger partial charge on any atom is 0.0997 e. The first kappa shape index (κ1) is 10.7. The molecule has 0 fully saturated rings. The van der Waals surface area contributed by atoms with E-state index in [9.17, 15) is 4.39 Å². The Morgan fingerprint density at radius 2 is 2.14 bits per heavy atom. The first-order chi connectivity index (χ1) is 6.71. The van der Waals surface area contributed by atoms with Crippen LogP contribution in [0.5, 0.6) is 0 Å². The van der Waals surface area contributed by atoms with Crippen LogP contribution in [0.1, 0.15) is 30.5 Å². The zero-order chi connectivity index (χ0) is 10.6. The SMILES string of the molecule is CCc1cc(C#N)cc([C](C)CF)c1. The van der Waals surface area contributed by atoms with E-state index in [4.69, 9.17) is 5.26 Å². The van der Waals surface area contributed by atoms with Crippen molar-refractivity contribution in [3.8, 4) is 6.07 Å². The lowest BCUT2D eigenvalue weighted by atomic mass is 9.97. The lowest BCUT2D eigenvalue weighted by Gasteiger charge is -2.08. The van der Waals surface area contributed by atoms with E-state index in [-0.39, 0.29) is 0 Å². The average Bonchev–Trinajstić information content (AvgIpc) is 2.27. The maximum absolute atomic E-state index is 12.4. The molecule has 1 aromatic rings. The summed E-state index contributed by atoms with van der Waals surface area (Å²) in [5, 5.41) is 8.78. The third-order valence-electron chi connectivity index (χ3n) is 2.22. The highest BCUT2D eigenvalue weighted by atomic mass is 19.1. The number of alkyl halides is 1. The molecule has 0 heterocycles. The minimum absolute atomic E-state index is 0.460. The summed E-state index contributed by atoms with van der Waals surface area (Å²) in [6.07, 6.45) is 0.863. The molecule has 0 amide bonds. The Balaban J connectivity index is 3.12. The van der Waals surface area contributed by atoms with Crippen LogP contribution in [-0.2, 0) is 6.42 Å². The molecule has 2 heteroatoms. The maximum atomic E-state index is 12.4. The molecule has 0 saturated heterocycles. The summed E-state index contributed by atoms with van der Waals surface area (Å²) in [6, 6.07) is 7.60. The molecule has 0 spiro atoms. The second-order valence-corrected chi connectivity index (χ2v) is 3.30. The van der Waals surface area contributed by atoms with Crippen molar-refractivity contribution in [1.82, 2.24) is 0 Å². The van der Waals surface area contributed by atoms with Crippen LogP contribution in [0.4, 0.5) is 4.39 Å². The van der Waals surface area contributed by atoms with Crippen molar-refractivity contribution in [2.24, 2.45) is 0 Å². The molecule has 0 aliphatic rings. The van der Waals surface area contributed by atoms with Gasteiger partial charge in [0.15, 0.2) is 0 Å². The minimum atomic E-state index is -0.460. The van der Waals surface area contributed by atoms with E-state index in [2.05, 4.69) is 6.07 Å². The first-order valence-electron chi connectivity index (χ1n) is 4.64. The number of benzene rings is 1. The lowest BCUT2D eigenvalue weighted by Crippen LogP contribution is -1.98. The largest absolute Gasteiger partial charge is 0.250 e. The third-order valence-corrected chi connectivity index (χ3v) is 2.22. The van der Waals surface area contributed by atoms with Crippen LogP contribution in [0.25, 0.3) is 0 Å². The van der Waals surface area contributed by atoms with Crippen molar-refractivity contribution < 1.29 is 4.39 Å². The van der Waals surface area contributed by atoms with E-state index < -0.39 is 6.67 Å². The highest BCUT2D eigenvalue weighted by Crippen LogP contribution is 2.18. The minimum Gasteiger partial charge on any atom is -0.250 e. The second-order valence-electron chi connectivity index (χ2n) is 3.30. The van der Waals surface area contributed by atoms with Gasteiger partial charge in [-0.3, -0.25) is 4.39 Å². The molecule has 0 bridgehead atoms. The van der Waals surface area contributed by atoms with Crippen LogP contribution in [0.2, 0.25) is 0 Å². The fraction of sp³-hybridized carbons (Fsp3) is 0.333. The molecule has 0 atom stereocenters. The van der Waals surface area contributed by atoms with Gasteiger partial charge < -0.3 is 0 Å². The fourth-order valence-electron chi connectivity index (χ4n) is 1.28. The Labute approximate surface area is 84.2 Å². The normalized spacial score (nSPS) is 10.2. The van der Waals surface area contributed by atoms with E-state index in [1.54, 1.807) is 13.0 Å². The molecule has 1 rings (SSSR count).